The third-order valence-corrected chi connectivity index (χ3v) is 6.69. The van der Waals surface area contributed by atoms with E-state index in [9.17, 15) is 4.79 Å². The van der Waals surface area contributed by atoms with Gasteiger partial charge in [-0.05, 0) is 56.9 Å². The number of likely N-dealkylation sites (tertiary alicyclic amines) is 1. The second-order valence-corrected chi connectivity index (χ2v) is 8.94. The van der Waals surface area contributed by atoms with Crippen LogP contribution in [0.2, 0.25) is 0 Å². The lowest BCUT2D eigenvalue weighted by atomic mass is 9.95. The van der Waals surface area contributed by atoms with Crippen molar-refractivity contribution in [3.8, 4) is 0 Å². The number of aryl methyl sites for hydroxylation is 1. The molecule has 0 bridgehead atoms. The van der Waals surface area contributed by atoms with Crippen LogP contribution in [0.3, 0.4) is 0 Å². The molecule has 1 saturated heterocycles. The van der Waals surface area contributed by atoms with Gasteiger partial charge in [-0.1, -0.05) is 12.1 Å². The maximum absolute atomic E-state index is 13.0. The van der Waals surface area contributed by atoms with Crippen LogP contribution in [0.4, 0.5) is 5.82 Å². The molecular formula is C26H30N6O. The first kappa shape index (κ1) is 21.5. The number of nitrogens with zero attached hydrogens (tertiary/aromatic N) is 6. The summed E-state index contributed by atoms with van der Waals surface area (Å²) in [5.41, 5.74) is 3.95. The summed E-state index contributed by atoms with van der Waals surface area (Å²) in [7, 11) is 0. The van der Waals surface area contributed by atoms with Crippen LogP contribution in [0.15, 0.2) is 48.8 Å². The third-order valence-electron chi connectivity index (χ3n) is 6.69. The summed E-state index contributed by atoms with van der Waals surface area (Å²) < 4.78 is 0. The monoisotopic (exact) mass is 442 g/mol. The van der Waals surface area contributed by atoms with Gasteiger partial charge in [0.2, 0.25) is 0 Å². The molecule has 2 aliphatic rings. The molecule has 0 aliphatic carbocycles. The van der Waals surface area contributed by atoms with E-state index in [-0.39, 0.29) is 11.8 Å². The summed E-state index contributed by atoms with van der Waals surface area (Å²) in [4.78, 5) is 36.0. The van der Waals surface area contributed by atoms with E-state index in [0.29, 0.717) is 12.2 Å². The number of carbonyl (C=O) groups excluding carboxylic acids is 1. The van der Waals surface area contributed by atoms with Crippen LogP contribution in [0.5, 0.6) is 0 Å². The number of carbonyl (C=O) groups is 1. The Kier molecular flexibility index (Phi) is 6.28. The number of amides is 1. The van der Waals surface area contributed by atoms with Crippen molar-refractivity contribution >= 4 is 11.7 Å². The number of aromatic nitrogens is 4. The SMILES string of the molecule is Cc1nc([C@H]2CCCN(C(=O)c3ccccn3)C2)nc2c1CCCN2CCc1ccccn1. The van der Waals surface area contributed by atoms with E-state index in [1.165, 1.54) is 5.56 Å². The molecule has 0 saturated carbocycles. The molecule has 5 rings (SSSR count). The smallest absolute Gasteiger partial charge is 0.272 e. The molecule has 0 aromatic carbocycles. The van der Waals surface area contributed by atoms with Gasteiger partial charge >= 0.3 is 0 Å². The largest absolute Gasteiger partial charge is 0.356 e. The van der Waals surface area contributed by atoms with Crippen LogP contribution in [-0.4, -0.2) is 56.9 Å². The van der Waals surface area contributed by atoms with E-state index in [0.717, 1.165) is 74.8 Å². The minimum Gasteiger partial charge on any atom is -0.356 e. The molecule has 1 atom stereocenters. The zero-order chi connectivity index (χ0) is 22.6. The number of anilines is 1. The normalized spacial score (nSPS) is 18.2. The van der Waals surface area contributed by atoms with E-state index >= 15 is 0 Å². The first-order chi connectivity index (χ1) is 16.2. The van der Waals surface area contributed by atoms with E-state index < -0.39 is 0 Å². The molecule has 1 amide bonds. The lowest BCUT2D eigenvalue weighted by molar-refractivity contribution is 0.0698. The molecule has 0 spiro atoms. The molecule has 0 radical (unpaired) electrons. The van der Waals surface area contributed by atoms with E-state index in [1.807, 2.05) is 35.4 Å². The highest BCUT2D eigenvalue weighted by Gasteiger charge is 2.30. The summed E-state index contributed by atoms with van der Waals surface area (Å²) in [6.07, 6.45) is 8.51. The van der Waals surface area contributed by atoms with Gasteiger partial charge < -0.3 is 9.80 Å². The van der Waals surface area contributed by atoms with Gasteiger partial charge in [-0.2, -0.15) is 0 Å². The highest BCUT2D eigenvalue weighted by Crippen LogP contribution is 2.32. The predicted octanol–water partition coefficient (Wildman–Crippen LogP) is 3.59. The Balaban J connectivity index is 1.35. The lowest BCUT2D eigenvalue weighted by Gasteiger charge is -2.34. The van der Waals surface area contributed by atoms with Gasteiger partial charge in [0, 0.05) is 67.9 Å². The molecule has 5 heterocycles. The number of fused-ring (bicyclic) bond motifs is 1. The molecule has 170 valence electrons. The van der Waals surface area contributed by atoms with Gasteiger partial charge in [0.25, 0.3) is 5.91 Å². The maximum atomic E-state index is 13.0. The fourth-order valence-corrected chi connectivity index (χ4v) is 4.93. The summed E-state index contributed by atoms with van der Waals surface area (Å²) >= 11 is 0. The van der Waals surface area contributed by atoms with E-state index in [4.69, 9.17) is 9.97 Å². The van der Waals surface area contributed by atoms with Gasteiger partial charge in [0.1, 0.15) is 17.3 Å². The molecule has 33 heavy (non-hydrogen) atoms. The molecule has 0 N–H and O–H groups in total. The molecule has 7 nitrogen and oxygen atoms in total. The number of rotatable bonds is 5. The molecular weight excluding hydrogens is 412 g/mol. The number of hydrogen-bond donors (Lipinski definition) is 0. The second-order valence-electron chi connectivity index (χ2n) is 8.94. The minimum absolute atomic E-state index is 0.00744. The first-order valence-electron chi connectivity index (χ1n) is 11.9. The van der Waals surface area contributed by atoms with Crippen molar-refractivity contribution in [1.82, 2.24) is 24.8 Å². The Morgan fingerprint density at radius 2 is 1.88 bits per heavy atom. The Labute approximate surface area is 194 Å². The van der Waals surface area contributed by atoms with Crippen LogP contribution in [0, 0.1) is 6.92 Å². The van der Waals surface area contributed by atoms with Crippen LogP contribution < -0.4 is 4.90 Å². The van der Waals surface area contributed by atoms with Crippen molar-refractivity contribution in [2.24, 2.45) is 0 Å². The Hall–Kier alpha value is -3.35. The molecule has 3 aromatic rings. The molecule has 1 fully saturated rings. The summed E-state index contributed by atoms with van der Waals surface area (Å²) in [6, 6.07) is 11.5. The zero-order valence-electron chi connectivity index (χ0n) is 19.2. The van der Waals surface area contributed by atoms with Crippen LogP contribution in [0.1, 0.15) is 58.4 Å². The third kappa shape index (κ3) is 4.72. The van der Waals surface area contributed by atoms with Gasteiger partial charge in [0.15, 0.2) is 0 Å². The Morgan fingerprint density at radius 1 is 1.03 bits per heavy atom. The molecule has 3 aromatic heterocycles. The predicted molar refractivity (Wildman–Crippen MR) is 127 cm³/mol. The van der Waals surface area contributed by atoms with Crippen molar-refractivity contribution < 1.29 is 4.79 Å². The first-order valence-corrected chi connectivity index (χ1v) is 11.9. The van der Waals surface area contributed by atoms with Crippen molar-refractivity contribution in [1.29, 1.82) is 0 Å². The molecule has 0 unspecified atom stereocenters. The van der Waals surface area contributed by atoms with Crippen LogP contribution in [-0.2, 0) is 12.8 Å². The van der Waals surface area contributed by atoms with E-state index in [1.54, 1.807) is 12.3 Å². The van der Waals surface area contributed by atoms with E-state index in [2.05, 4.69) is 27.9 Å². The number of hydrogen-bond acceptors (Lipinski definition) is 6. The van der Waals surface area contributed by atoms with Crippen LogP contribution >= 0.6 is 0 Å². The van der Waals surface area contributed by atoms with Crippen LogP contribution in [0.25, 0.3) is 0 Å². The van der Waals surface area contributed by atoms with Crippen molar-refractivity contribution in [2.45, 2.75) is 44.9 Å². The van der Waals surface area contributed by atoms with Gasteiger partial charge in [-0.3, -0.25) is 14.8 Å². The van der Waals surface area contributed by atoms with Gasteiger partial charge in [-0.25, -0.2) is 9.97 Å². The Bertz CT molecular complexity index is 1100. The van der Waals surface area contributed by atoms with Gasteiger partial charge in [-0.15, -0.1) is 0 Å². The van der Waals surface area contributed by atoms with Crippen molar-refractivity contribution in [2.75, 3.05) is 31.1 Å². The standard InChI is InChI=1S/C26H30N6O/c1-19-22-10-7-15-31(17-12-21-9-2-4-13-27-21)25(22)30-24(29-19)20-8-6-16-32(18-20)26(33)23-11-3-5-14-28-23/h2-5,9,11,13-14,20H,6-8,10,12,15-18H2,1H3/t20-/m0/s1. The Morgan fingerprint density at radius 3 is 2.67 bits per heavy atom. The topological polar surface area (TPSA) is 75.1 Å². The summed E-state index contributed by atoms with van der Waals surface area (Å²) in [5.74, 6) is 2.09. The fourth-order valence-electron chi connectivity index (χ4n) is 4.93. The van der Waals surface area contributed by atoms with Crippen molar-refractivity contribution in [3.63, 3.8) is 0 Å². The molecule has 2 aliphatic heterocycles. The summed E-state index contributed by atoms with van der Waals surface area (Å²) in [6.45, 7) is 5.40. The number of pyridine rings is 2. The lowest BCUT2D eigenvalue weighted by Crippen LogP contribution is -2.40. The van der Waals surface area contributed by atoms with Crippen molar-refractivity contribution in [3.05, 3.63) is 77.3 Å². The average Bonchev–Trinajstić information content (AvgIpc) is 2.88. The van der Waals surface area contributed by atoms with Gasteiger partial charge in [0.05, 0.1) is 0 Å². The highest BCUT2D eigenvalue weighted by molar-refractivity contribution is 5.92. The minimum atomic E-state index is -0.00744. The number of piperidine rings is 1. The second kappa shape index (κ2) is 9.65. The average molecular weight is 443 g/mol. The fraction of sp³-hybridized carbons (Fsp3) is 0.423. The highest BCUT2D eigenvalue weighted by atomic mass is 16.2. The quantitative estimate of drug-likeness (QED) is 0.601. The molecule has 7 heteroatoms. The zero-order valence-corrected chi connectivity index (χ0v) is 19.2. The summed E-state index contributed by atoms with van der Waals surface area (Å²) in [5, 5.41) is 0. The maximum Gasteiger partial charge on any atom is 0.272 e.